The van der Waals surface area contributed by atoms with Crippen molar-refractivity contribution in [3.8, 4) is 5.75 Å². The lowest BCUT2D eigenvalue weighted by Gasteiger charge is -2.37. The van der Waals surface area contributed by atoms with Crippen molar-refractivity contribution >= 4 is 22.1 Å². The molecule has 1 aliphatic heterocycles. The summed E-state index contributed by atoms with van der Waals surface area (Å²) in [4.78, 5) is 9.07. The Bertz CT molecular complexity index is 841. The van der Waals surface area contributed by atoms with E-state index in [0.717, 1.165) is 31.9 Å². The number of anilines is 2. The summed E-state index contributed by atoms with van der Waals surface area (Å²) in [6.07, 6.45) is 3.78. The van der Waals surface area contributed by atoms with Crippen molar-refractivity contribution in [3.63, 3.8) is 0 Å². The molecule has 0 N–H and O–H groups in total. The maximum absolute atomic E-state index is 5.50. The normalized spacial score (nSPS) is 14.9. The molecule has 4 rings (SSSR count). The van der Waals surface area contributed by atoms with Crippen LogP contribution >= 0.6 is 0 Å². The molecule has 2 aromatic carbocycles. The first-order valence-electron chi connectivity index (χ1n) is 8.32. The average Bonchev–Trinajstić information content (AvgIpc) is 2.67. The predicted octanol–water partition coefficient (Wildman–Crippen LogP) is 3.57. The van der Waals surface area contributed by atoms with Gasteiger partial charge in [0.25, 0.3) is 0 Å². The Morgan fingerprint density at radius 3 is 2.50 bits per heavy atom. The molecule has 122 valence electrons. The molecule has 4 nitrogen and oxygen atoms in total. The Hall–Kier alpha value is -2.75. The highest BCUT2D eigenvalue weighted by atomic mass is 16.5. The molecule has 0 unspecified atom stereocenters. The number of para-hydroxylation sites is 2. The van der Waals surface area contributed by atoms with Crippen molar-refractivity contribution in [1.29, 1.82) is 0 Å². The molecule has 1 aromatic heterocycles. The molecule has 2 heterocycles. The molecule has 1 saturated heterocycles. The van der Waals surface area contributed by atoms with Crippen molar-refractivity contribution in [2.24, 2.45) is 0 Å². The molecular formula is C20H21N3O. The average molecular weight is 319 g/mol. The molecule has 0 aliphatic carbocycles. The van der Waals surface area contributed by atoms with Gasteiger partial charge in [0.05, 0.1) is 12.8 Å². The third kappa shape index (κ3) is 2.75. The fourth-order valence-corrected chi connectivity index (χ4v) is 3.37. The number of methoxy groups -OCH3 is 1. The number of ether oxygens (including phenoxy) is 1. The first-order chi connectivity index (χ1) is 11.8. The lowest BCUT2D eigenvalue weighted by molar-refractivity contribution is 0.413. The van der Waals surface area contributed by atoms with Gasteiger partial charge in [-0.25, -0.2) is 0 Å². The molecule has 0 bridgehead atoms. The van der Waals surface area contributed by atoms with Crippen molar-refractivity contribution in [1.82, 2.24) is 4.98 Å². The van der Waals surface area contributed by atoms with Gasteiger partial charge in [-0.3, -0.25) is 4.98 Å². The van der Waals surface area contributed by atoms with E-state index in [1.807, 2.05) is 24.5 Å². The van der Waals surface area contributed by atoms with Crippen molar-refractivity contribution < 1.29 is 4.74 Å². The van der Waals surface area contributed by atoms with Crippen LogP contribution in [0.25, 0.3) is 10.8 Å². The molecule has 0 atom stereocenters. The Kier molecular flexibility index (Phi) is 3.95. The maximum atomic E-state index is 5.50. The van der Waals surface area contributed by atoms with E-state index in [4.69, 9.17) is 4.74 Å². The second kappa shape index (κ2) is 6.40. The van der Waals surface area contributed by atoms with Crippen LogP contribution < -0.4 is 14.5 Å². The van der Waals surface area contributed by atoms with Gasteiger partial charge in [0, 0.05) is 49.6 Å². The Labute approximate surface area is 142 Å². The van der Waals surface area contributed by atoms with Crippen LogP contribution in [0.2, 0.25) is 0 Å². The van der Waals surface area contributed by atoms with Crippen LogP contribution in [0.5, 0.6) is 5.75 Å². The van der Waals surface area contributed by atoms with Crippen molar-refractivity contribution in [3.05, 3.63) is 60.9 Å². The minimum Gasteiger partial charge on any atom is -0.495 e. The SMILES string of the molecule is COc1ccccc1N1CCN(c2ccc3ccncc3c2)CC1. The zero-order chi connectivity index (χ0) is 16.4. The zero-order valence-electron chi connectivity index (χ0n) is 13.9. The van der Waals surface area contributed by atoms with E-state index in [-0.39, 0.29) is 0 Å². The molecule has 1 fully saturated rings. The first-order valence-corrected chi connectivity index (χ1v) is 8.32. The van der Waals surface area contributed by atoms with Gasteiger partial charge in [-0.05, 0) is 35.7 Å². The highest BCUT2D eigenvalue weighted by molar-refractivity contribution is 5.85. The predicted molar refractivity (Wildman–Crippen MR) is 99.2 cm³/mol. The van der Waals surface area contributed by atoms with Crippen LogP contribution in [0.3, 0.4) is 0 Å². The third-order valence-corrected chi connectivity index (χ3v) is 4.69. The minimum absolute atomic E-state index is 0.947. The highest BCUT2D eigenvalue weighted by Crippen LogP contribution is 2.29. The molecular weight excluding hydrogens is 298 g/mol. The fraction of sp³-hybridized carbons (Fsp3) is 0.250. The Balaban J connectivity index is 1.51. The van der Waals surface area contributed by atoms with Crippen LogP contribution in [0.15, 0.2) is 60.9 Å². The monoisotopic (exact) mass is 319 g/mol. The van der Waals surface area contributed by atoms with E-state index in [0.29, 0.717) is 0 Å². The molecule has 4 heteroatoms. The summed E-state index contributed by atoms with van der Waals surface area (Å²) < 4.78 is 5.50. The van der Waals surface area contributed by atoms with Crippen LogP contribution in [0, 0.1) is 0 Å². The fourth-order valence-electron chi connectivity index (χ4n) is 3.37. The summed E-state index contributed by atoms with van der Waals surface area (Å²) in [7, 11) is 1.73. The number of piperazine rings is 1. The van der Waals surface area contributed by atoms with E-state index in [1.54, 1.807) is 7.11 Å². The third-order valence-electron chi connectivity index (χ3n) is 4.69. The topological polar surface area (TPSA) is 28.6 Å². The number of fused-ring (bicyclic) bond motifs is 1. The largest absolute Gasteiger partial charge is 0.495 e. The molecule has 0 amide bonds. The highest BCUT2D eigenvalue weighted by Gasteiger charge is 2.19. The lowest BCUT2D eigenvalue weighted by atomic mass is 10.1. The van der Waals surface area contributed by atoms with Crippen LogP contribution in [0.4, 0.5) is 11.4 Å². The minimum atomic E-state index is 0.947. The standard InChI is InChI=1S/C20H21N3O/c1-24-20-5-3-2-4-19(20)23-12-10-22(11-13-23)18-7-6-16-8-9-21-15-17(16)14-18/h2-9,14-15H,10-13H2,1H3. The smallest absolute Gasteiger partial charge is 0.142 e. The number of hydrogen-bond donors (Lipinski definition) is 0. The van der Waals surface area contributed by atoms with Gasteiger partial charge < -0.3 is 14.5 Å². The van der Waals surface area contributed by atoms with Gasteiger partial charge in [0.1, 0.15) is 5.75 Å². The van der Waals surface area contributed by atoms with Gasteiger partial charge in [-0.2, -0.15) is 0 Å². The van der Waals surface area contributed by atoms with Gasteiger partial charge >= 0.3 is 0 Å². The molecule has 24 heavy (non-hydrogen) atoms. The summed E-state index contributed by atoms with van der Waals surface area (Å²) in [5.74, 6) is 0.947. The Morgan fingerprint density at radius 1 is 0.875 bits per heavy atom. The first kappa shape index (κ1) is 14.8. The number of nitrogens with zero attached hydrogens (tertiary/aromatic N) is 3. The number of hydrogen-bond acceptors (Lipinski definition) is 4. The molecule has 0 saturated carbocycles. The molecule has 0 spiro atoms. The van der Waals surface area contributed by atoms with Gasteiger partial charge in [-0.1, -0.05) is 18.2 Å². The molecule has 1 aliphatic rings. The summed E-state index contributed by atoms with van der Waals surface area (Å²) in [5.41, 5.74) is 2.46. The number of benzene rings is 2. The molecule has 3 aromatic rings. The van der Waals surface area contributed by atoms with E-state index in [9.17, 15) is 0 Å². The maximum Gasteiger partial charge on any atom is 0.142 e. The van der Waals surface area contributed by atoms with Gasteiger partial charge in [-0.15, -0.1) is 0 Å². The summed E-state index contributed by atoms with van der Waals surface area (Å²) in [6, 6.07) is 16.9. The number of pyridine rings is 1. The second-order valence-corrected chi connectivity index (χ2v) is 6.05. The van der Waals surface area contributed by atoms with Crippen LogP contribution in [0.1, 0.15) is 0 Å². The van der Waals surface area contributed by atoms with Gasteiger partial charge in [0.2, 0.25) is 0 Å². The van der Waals surface area contributed by atoms with E-state index >= 15 is 0 Å². The summed E-state index contributed by atoms with van der Waals surface area (Å²) in [6.45, 7) is 3.99. The van der Waals surface area contributed by atoms with Crippen molar-refractivity contribution in [2.75, 3.05) is 43.1 Å². The van der Waals surface area contributed by atoms with E-state index < -0.39 is 0 Å². The van der Waals surface area contributed by atoms with E-state index in [1.165, 1.54) is 22.1 Å². The Morgan fingerprint density at radius 2 is 1.67 bits per heavy atom. The number of aromatic nitrogens is 1. The summed E-state index contributed by atoms with van der Waals surface area (Å²) in [5, 5.41) is 2.43. The second-order valence-electron chi connectivity index (χ2n) is 6.05. The quantitative estimate of drug-likeness (QED) is 0.738. The van der Waals surface area contributed by atoms with Crippen molar-refractivity contribution in [2.45, 2.75) is 0 Å². The lowest BCUT2D eigenvalue weighted by Crippen LogP contribution is -2.46. The van der Waals surface area contributed by atoms with Gasteiger partial charge in [0.15, 0.2) is 0 Å². The zero-order valence-corrected chi connectivity index (χ0v) is 13.9. The van der Waals surface area contributed by atoms with Crippen LogP contribution in [-0.4, -0.2) is 38.3 Å². The van der Waals surface area contributed by atoms with E-state index in [2.05, 4.69) is 51.2 Å². The number of rotatable bonds is 3. The van der Waals surface area contributed by atoms with Crippen LogP contribution in [-0.2, 0) is 0 Å². The molecule has 0 radical (unpaired) electrons. The summed E-state index contributed by atoms with van der Waals surface area (Å²) >= 11 is 0.